The Morgan fingerprint density at radius 1 is 1.22 bits per heavy atom. The second-order valence-corrected chi connectivity index (χ2v) is 4.91. The summed E-state index contributed by atoms with van der Waals surface area (Å²) in [7, 11) is 1.65. The molecule has 0 aliphatic heterocycles. The van der Waals surface area contributed by atoms with Gasteiger partial charge in [0.05, 0.1) is 18.6 Å². The molecule has 94 valence electrons. The van der Waals surface area contributed by atoms with Gasteiger partial charge in [-0.05, 0) is 30.5 Å². The Kier molecular flexibility index (Phi) is 4.44. The van der Waals surface area contributed by atoms with E-state index in [2.05, 4.69) is 9.97 Å². The Morgan fingerprint density at radius 2 is 1.94 bits per heavy atom. The second-order valence-electron chi connectivity index (χ2n) is 3.65. The van der Waals surface area contributed by atoms with Crippen LogP contribution in [-0.4, -0.2) is 23.3 Å². The Balaban J connectivity index is 2.36. The number of hydrogen-bond acceptors (Lipinski definition) is 4. The highest BCUT2D eigenvalue weighted by Gasteiger charge is 2.05. The van der Waals surface area contributed by atoms with Gasteiger partial charge in [-0.25, -0.2) is 9.97 Å². The van der Waals surface area contributed by atoms with Gasteiger partial charge in [0.15, 0.2) is 0 Å². The predicted molar refractivity (Wildman–Crippen MR) is 76.2 cm³/mol. The molecule has 0 amide bonds. The highest BCUT2D eigenvalue weighted by molar-refractivity contribution is 7.97. The molecule has 0 aliphatic carbocycles. The number of hydrogen-bond donors (Lipinski definition) is 0. The zero-order valence-corrected chi connectivity index (χ0v) is 11.8. The zero-order valence-electron chi connectivity index (χ0n) is 10.2. The predicted octanol–water partition coefficient (Wildman–Crippen LogP) is 3.67. The third-order valence-corrected chi connectivity index (χ3v) is 3.14. The topological polar surface area (TPSA) is 35.0 Å². The Bertz CT molecular complexity index is 531. The Morgan fingerprint density at radius 3 is 2.56 bits per heavy atom. The van der Waals surface area contributed by atoms with Crippen molar-refractivity contribution in [2.75, 3.05) is 13.4 Å². The molecular formula is C13H13ClN2OS. The lowest BCUT2D eigenvalue weighted by atomic mass is 10.1. The maximum atomic E-state index is 6.01. The van der Waals surface area contributed by atoms with E-state index < -0.39 is 0 Å². The van der Waals surface area contributed by atoms with Gasteiger partial charge in [-0.2, -0.15) is 11.8 Å². The summed E-state index contributed by atoms with van der Waals surface area (Å²) in [5.74, 6) is 2.33. The number of benzene rings is 1. The number of aromatic nitrogens is 2. The van der Waals surface area contributed by atoms with Crippen LogP contribution in [0.2, 0.25) is 5.15 Å². The molecule has 1 aromatic carbocycles. The molecule has 0 fully saturated rings. The Hall–Kier alpha value is -1.26. The zero-order chi connectivity index (χ0) is 13.0. The van der Waals surface area contributed by atoms with Crippen molar-refractivity contribution in [3.05, 3.63) is 41.3 Å². The van der Waals surface area contributed by atoms with Crippen LogP contribution in [-0.2, 0) is 5.75 Å². The van der Waals surface area contributed by atoms with Crippen LogP contribution >= 0.6 is 23.4 Å². The second kappa shape index (κ2) is 6.07. The standard InChI is InChI=1S/C13H13ClN2OS/c1-17-10-5-3-9(4-6-10)11-7-12(14)16-13(15-11)8-18-2/h3-7H,8H2,1-2H3. The first-order chi connectivity index (χ1) is 8.72. The van der Waals surface area contributed by atoms with E-state index in [1.807, 2.05) is 30.5 Å². The van der Waals surface area contributed by atoms with E-state index in [0.29, 0.717) is 5.15 Å². The number of nitrogens with zero attached hydrogens (tertiary/aromatic N) is 2. The molecule has 0 saturated carbocycles. The normalized spacial score (nSPS) is 10.4. The number of thioether (sulfide) groups is 1. The number of ether oxygens (including phenoxy) is 1. The molecule has 3 nitrogen and oxygen atoms in total. The fourth-order valence-corrected chi connectivity index (χ4v) is 2.16. The first-order valence-corrected chi connectivity index (χ1v) is 7.17. The molecule has 1 aromatic heterocycles. The summed E-state index contributed by atoms with van der Waals surface area (Å²) in [5, 5.41) is 0.472. The number of halogens is 1. The first-order valence-electron chi connectivity index (χ1n) is 5.39. The molecule has 0 radical (unpaired) electrons. The highest BCUT2D eigenvalue weighted by atomic mass is 35.5. The molecular weight excluding hydrogens is 268 g/mol. The largest absolute Gasteiger partial charge is 0.497 e. The van der Waals surface area contributed by atoms with Gasteiger partial charge in [0.2, 0.25) is 0 Å². The van der Waals surface area contributed by atoms with Crippen molar-refractivity contribution >= 4 is 23.4 Å². The SMILES string of the molecule is COc1ccc(-c2cc(Cl)nc(CSC)n2)cc1. The molecule has 5 heteroatoms. The van der Waals surface area contributed by atoms with E-state index in [1.54, 1.807) is 24.9 Å². The van der Waals surface area contributed by atoms with Crippen molar-refractivity contribution < 1.29 is 4.74 Å². The molecule has 0 spiro atoms. The van der Waals surface area contributed by atoms with E-state index in [0.717, 1.165) is 28.6 Å². The molecule has 0 N–H and O–H groups in total. The minimum absolute atomic E-state index is 0.472. The summed E-state index contributed by atoms with van der Waals surface area (Å²) >= 11 is 7.68. The van der Waals surface area contributed by atoms with Gasteiger partial charge >= 0.3 is 0 Å². The summed E-state index contributed by atoms with van der Waals surface area (Å²) in [5.41, 5.74) is 1.84. The van der Waals surface area contributed by atoms with Gasteiger partial charge in [-0.1, -0.05) is 11.6 Å². The molecule has 0 unspecified atom stereocenters. The number of methoxy groups -OCH3 is 1. The summed E-state index contributed by atoms with van der Waals surface area (Å²) < 4.78 is 5.13. The molecule has 2 aromatic rings. The average Bonchev–Trinajstić information content (AvgIpc) is 2.38. The van der Waals surface area contributed by atoms with Gasteiger partial charge in [-0.15, -0.1) is 0 Å². The first kappa shape index (κ1) is 13.2. The van der Waals surface area contributed by atoms with Gasteiger partial charge in [0, 0.05) is 11.6 Å². The van der Waals surface area contributed by atoms with Crippen molar-refractivity contribution in [3.8, 4) is 17.0 Å². The van der Waals surface area contributed by atoms with Crippen molar-refractivity contribution in [1.29, 1.82) is 0 Å². The summed E-state index contributed by atoms with van der Waals surface area (Å²) in [6.45, 7) is 0. The van der Waals surface area contributed by atoms with Crippen molar-refractivity contribution in [2.24, 2.45) is 0 Å². The fourth-order valence-electron chi connectivity index (χ4n) is 1.57. The van der Waals surface area contributed by atoms with Crippen LogP contribution in [0.5, 0.6) is 5.75 Å². The molecule has 2 rings (SSSR count). The van der Waals surface area contributed by atoms with Crippen LogP contribution in [0.1, 0.15) is 5.82 Å². The minimum Gasteiger partial charge on any atom is -0.497 e. The van der Waals surface area contributed by atoms with Gasteiger partial charge in [0.25, 0.3) is 0 Å². The Labute approximate surface area is 116 Å². The van der Waals surface area contributed by atoms with E-state index >= 15 is 0 Å². The van der Waals surface area contributed by atoms with Gasteiger partial charge < -0.3 is 4.74 Å². The van der Waals surface area contributed by atoms with Crippen LogP contribution in [0.25, 0.3) is 11.3 Å². The van der Waals surface area contributed by atoms with E-state index in [9.17, 15) is 0 Å². The van der Waals surface area contributed by atoms with Crippen molar-refractivity contribution in [1.82, 2.24) is 9.97 Å². The van der Waals surface area contributed by atoms with Crippen LogP contribution in [0.15, 0.2) is 30.3 Å². The molecule has 0 aliphatic rings. The fraction of sp³-hybridized carbons (Fsp3) is 0.231. The van der Waals surface area contributed by atoms with Crippen LogP contribution < -0.4 is 4.74 Å². The smallest absolute Gasteiger partial charge is 0.140 e. The van der Waals surface area contributed by atoms with Gasteiger partial charge in [0.1, 0.15) is 16.7 Å². The molecule has 18 heavy (non-hydrogen) atoms. The van der Waals surface area contributed by atoms with Crippen LogP contribution in [0, 0.1) is 0 Å². The highest BCUT2D eigenvalue weighted by Crippen LogP contribution is 2.23. The monoisotopic (exact) mass is 280 g/mol. The van der Waals surface area contributed by atoms with Crippen LogP contribution in [0.4, 0.5) is 0 Å². The van der Waals surface area contributed by atoms with E-state index in [4.69, 9.17) is 16.3 Å². The molecule has 0 bridgehead atoms. The molecule has 1 heterocycles. The maximum absolute atomic E-state index is 6.01. The third-order valence-electron chi connectivity index (χ3n) is 2.40. The van der Waals surface area contributed by atoms with E-state index in [1.165, 1.54) is 0 Å². The van der Waals surface area contributed by atoms with E-state index in [-0.39, 0.29) is 0 Å². The summed E-state index contributed by atoms with van der Waals surface area (Å²) in [4.78, 5) is 8.68. The van der Waals surface area contributed by atoms with Gasteiger partial charge in [-0.3, -0.25) is 0 Å². The summed E-state index contributed by atoms with van der Waals surface area (Å²) in [6.07, 6.45) is 2.01. The lowest BCUT2D eigenvalue weighted by Crippen LogP contribution is -1.95. The van der Waals surface area contributed by atoms with Crippen molar-refractivity contribution in [3.63, 3.8) is 0 Å². The van der Waals surface area contributed by atoms with Crippen molar-refractivity contribution in [2.45, 2.75) is 5.75 Å². The lowest BCUT2D eigenvalue weighted by Gasteiger charge is -2.05. The van der Waals surface area contributed by atoms with Crippen LogP contribution in [0.3, 0.4) is 0 Å². The molecule has 0 saturated heterocycles. The average molecular weight is 281 g/mol. The molecule has 0 atom stereocenters. The number of rotatable bonds is 4. The minimum atomic E-state index is 0.472. The summed E-state index contributed by atoms with van der Waals surface area (Å²) in [6, 6.07) is 9.49. The maximum Gasteiger partial charge on any atom is 0.140 e. The third kappa shape index (κ3) is 3.15. The quantitative estimate of drug-likeness (QED) is 0.801. The lowest BCUT2D eigenvalue weighted by molar-refractivity contribution is 0.415.